The lowest BCUT2D eigenvalue weighted by Crippen LogP contribution is -2.53. The van der Waals surface area contributed by atoms with Gasteiger partial charge in [0.25, 0.3) is 0 Å². The molecule has 0 saturated carbocycles. The van der Waals surface area contributed by atoms with Crippen molar-refractivity contribution in [1.82, 2.24) is 15.5 Å². The highest BCUT2D eigenvalue weighted by Gasteiger charge is 2.27. The maximum Gasteiger partial charge on any atom is 0.249 e. The molecule has 1 atom stereocenters. The second-order valence-corrected chi connectivity index (χ2v) is 7.51. The third-order valence-corrected chi connectivity index (χ3v) is 5.55. The van der Waals surface area contributed by atoms with Crippen molar-refractivity contribution in [3.05, 3.63) is 24.3 Å². The van der Waals surface area contributed by atoms with Gasteiger partial charge in [-0.1, -0.05) is 6.07 Å². The molecule has 0 bridgehead atoms. The Labute approximate surface area is 154 Å². The van der Waals surface area contributed by atoms with E-state index in [0.29, 0.717) is 12.8 Å². The van der Waals surface area contributed by atoms with Gasteiger partial charge in [0.15, 0.2) is 0 Å². The molecular formula is C19H27N5O2. The second kappa shape index (κ2) is 7.63. The number of nitrogens with one attached hydrogen (secondary N) is 3. The van der Waals surface area contributed by atoms with Crippen molar-refractivity contribution in [3.8, 4) is 0 Å². The Bertz CT molecular complexity index is 668. The fourth-order valence-electron chi connectivity index (χ4n) is 3.86. The van der Waals surface area contributed by atoms with Crippen LogP contribution in [0.2, 0.25) is 0 Å². The summed E-state index contributed by atoms with van der Waals surface area (Å²) < 4.78 is 0. The molecule has 3 fully saturated rings. The molecule has 3 aliphatic heterocycles. The lowest BCUT2D eigenvalue weighted by Gasteiger charge is -2.39. The number of carbonyl (C=O) groups excluding carboxylic acids is 2. The average Bonchev–Trinajstić information content (AvgIpc) is 2.61. The third-order valence-electron chi connectivity index (χ3n) is 5.55. The van der Waals surface area contributed by atoms with Crippen LogP contribution in [0, 0.1) is 5.92 Å². The minimum atomic E-state index is -0.337. The number of carbonyl (C=O) groups is 2. The number of benzene rings is 1. The van der Waals surface area contributed by atoms with Gasteiger partial charge in [0, 0.05) is 63.6 Å². The second-order valence-electron chi connectivity index (χ2n) is 7.51. The van der Waals surface area contributed by atoms with Gasteiger partial charge in [-0.3, -0.25) is 19.8 Å². The fourth-order valence-corrected chi connectivity index (χ4v) is 3.86. The van der Waals surface area contributed by atoms with E-state index in [1.54, 1.807) is 0 Å². The van der Waals surface area contributed by atoms with E-state index in [-0.39, 0.29) is 17.9 Å². The SMILES string of the molecule is O=C1CC[C@@H](Nc2cccc(N3CCN(CC4CNC4)CC3)c2)C(=O)N1. The van der Waals surface area contributed by atoms with Gasteiger partial charge in [-0.05, 0) is 30.5 Å². The normalized spacial score (nSPS) is 24.9. The Balaban J connectivity index is 1.32. The van der Waals surface area contributed by atoms with Crippen molar-refractivity contribution in [2.45, 2.75) is 18.9 Å². The summed E-state index contributed by atoms with van der Waals surface area (Å²) in [5.74, 6) is 0.408. The quantitative estimate of drug-likeness (QED) is 0.656. The van der Waals surface area contributed by atoms with Gasteiger partial charge >= 0.3 is 0 Å². The summed E-state index contributed by atoms with van der Waals surface area (Å²) in [6.07, 6.45) is 0.936. The van der Waals surface area contributed by atoms with E-state index in [9.17, 15) is 9.59 Å². The Morgan fingerprint density at radius 2 is 1.92 bits per heavy atom. The molecule has 7 heteroatoms. The smallest absolute Gasteiger partial charge is 0.249 e. The molecule has 26 heavy (non-hydrogen) atoms. The first-order chi connectivity index (χ1) is 12.7. The largest absolute Gasteiger partial charge is 0.374 e. The Morgan fingerprint density at radius 1 is 1.12 bits per heavy atom. The molecule has 0 aromatic heterocycles. The number of hydrogen-bond acceptors (Lipinski definition) is 6. The molecule has 0 aliphatic carbocycles. The fraction of sp³-hybridized carbons (Fsp3) is 0.579. The highest BCUT2D eigenvalue weighted by Crippen LogP contribution is 2.23. The van der Waals surface area contributed by atoms with Crippen LogP contribution in [0.4, 0.5) is 11.4 Å². The topological polar surface area (TPSA) is 76.7 Å². The van der Waals surface area contributed by atoms with Crippen molar-refractivity contribution < 1.29 is 9.59 Å². The Kier molecular flexibility index (Phi) is 5.08. The van der Waals surface area contributed by atoms with Crippen LogP contribution in [0.25, 0.3) is 0 Å². The van der Waals surface area contributed by atoms with Crippen molar-refractivity contribution >= 4 is 23.2 Å². The van der Waals surface area contributed by atoms with E-state index in [2.05, 4.69) is 37.9 Å². The zero-order chi connectivity index (χ0) is 17.9. The van der Waals surface area contributed by atoms with Gasteiger partial charge in [0.2, 0.25) is 11.8 Å². The van der Waals surface area contributed by atoms with Crippen LogP contribution in [-0.4, -0.2) is 68.6 Å². The number of imide groups is 1. The first-order valence-electron chi connectivity index (χ1n) is 9.56. The number of piperidine rings is 1. The monoisotopic (exact) mass is 357 g/mol. The number of hydrogen-bond donors (Lipinski definition) is 3. The van der Waals surface area contributed by atoms with E-state index in [0.717, 1.165) is 50.9 Å². The van der Waals surface area contributed by atoms with Crippen molar-refractivity contribution in [2.75, 3.05) is 56.0 Å². The summed E-state index contributed by atoms with van der Waals surface area (Å²) in [6, 6.07) is 7.90. The molecule has 1 aromatic rings. The summed E-state index contributed by atoms with van der Waals surface area (Å²) in [4.78, 5) is 28.2. The molecule has 3 aliphatic rings. The lowest BCUT2D eigenvalue weighted by molar-refractivity contribution is -0.133. The molecule has 3 saturated heterocycles. The molecular weight excluding hydrogens is 330 g/mol. The molecule has 4 rings (SSSR count). The molecule has 0 spiro atoms. The van der Waals surface area contributed by atoms with Gasteiger partial charge in [0.1, 0.15) is 6.04 Å². The molecule has 3 N–H and O–H groups in total. The van der Waals surface area contributed by atoms with Crippen LogP contribution in [0.3, 0.4) is 0 Å². The summed E-state index contributed by atoms with van der Waals surface area (Å²) in [5.41, 5.74) is 2.12. The summed E-state index contributed by atoms with van der Waals surface area (Å²) in [6.45, 7) is 7.78. The molecule has 0 unspecified atom stereocenters. The standard InChI is InChI=1S/C19H27N5O2/c25-18-5-4-17(19(26)22-18)21-15-2-1-3-16(10-15)24-8-6-23(7-9-24)13-14-11-20-12-14/h1-3,10,14,17,20-21H,4-9,11-13H2,(H,22,25,26)/t17-/m1/s1. The van der Waals surface area contributed by atoms with Crippen LogP contribution in [0.5, 0.6) is 0 Å². The number of anilines is 2. The molecule has 140 valence electrons. The van der Waals surface area contributed by atoms with E-state index < -0.39 is 0 Å². The van der Waals surface area contributed by atoms with E-state index in [1.165, 1.54) is 12.2 Å². The maximum absolute atomic E-state index is 11.9. The molecule has 1 aromatic carbocycles. The van der Waals surface area contributed by atoms with Gasteiger partial charge in [0.05, 0.1) is 0 Å². The van der Waals surface area contributed by atoms with Crippen LogP contribution in [0.1, 0.15) is 12.8 Å². The minimum Gasteiger partial charge on any atom is -0.374 e. The van der Waals surface area contributed by atoms with Crippen LogP contribution in [0.15, 0.2) is 24.3 Å². The van der Waals surface area contributed by atoms with Crippen LogP contribution >= 0.6 is 0 Å². The summed E-state index contributed by atoms with van der Waals surface area (Å²) in [5, 5.41) is 9.01. The average molecular weight is 357 g/mol. The van der Waals surface area contributed by atoms with Crippen molar-refractivity contribution in [3.63, 3.8) is 0 Å². The van der Waals surface area contributed by atoms with Crippen molar-refractivity contribution in [1.29, 1.82) is 0 Å². The van der Waals surface area contributed by atoms with E-state index in [1.807, 2.05) is 12.1 Å². The van der Waals surface area contributed by atoms with Gasteiger partial charge in [-0.2, -0.15) is 0 Å². The number of piperazine rings is 1. The van der Waals surface area contributed by atoms with Gasteiger partial charge in [-0.15, -0.1) is 0 Å². The predicted octanol–water partition coefficient (Wildman–Crippen LogP) is 0.245. The zero-order valence-electron chi connectivity index (χ0n) is 15.0. The number of amides is 2. The predicted molar refractivity (Wildman–Crippen MR) is 101 cm³/mol. The number of nitrogens with zero attached hydrogens (tertiary/aromatic N) is 2. The first kappa shape index (κ1) is 17.3. The molecule has 0 radical (unpaired) electrons. The lowest BCUT2D eigenvalue weighted by atomic mass is 10.0. The number of rotatable bonds is 5. The Hall–Kier alpha value is -2.12. The van der Waals surface area contributed by atoms with E-state index in [4.69, 9.17) is 0 Å². The zero-order valence-corrected chi connectivity index (χ0v) is 15.0. The minimum absolute atomic E-state index is 0.183. The van der Waals surface area contributed by atoms with Crippen LogP contribution < -0.4 is 20.9 Å². The highest BCUT2D eigenvalue weighted by molar-refractivity contribution is 6.01. The molecule has 3 heterocycles. The summed E-state index contributed by atoms with van der Waals surface area (Å²) >= 11 is 0. The maximum atomic E-state index is 11.9. The highest BCUT2D eigenvalue weighted by atomic mass is 16.2. The van der Waals surface area contributed by atoms with Gasteiger partial charge < -0.3 is 15.5 Å². The Morgan fingerprint density at radius 3 is 2.62 bits per heavy atom. The first-order valence-corrected chi connectivity index (χ1v) is 9.56. The molecule has 7 nitrogen and oxygen atoms in total. The summed E-state index contributed by atoms with van der Waals surface area (Å²) in [7, 11) is 0. The van der Waals surface area contributed by atoms with E-state index >= 15 is 0 Å². The third kappa shape index (κ3) is 3.99. The van der Waals surface area contributed by atoms with Gasteiger partial charge in [-0.25, -0.2) is 0 Å². The molecule has 2 amide bonds. The van der Waals surface area contributed by atoms with Crippen LogP contribution in [-0.2, 0) is 9.59 Å². The van der Waals surface area contributed by atoms with Crippen molar-refractivity contribution in [2.24, 2.45) is 5.92 Å².